The average molecular weight is 340 g/mol. The number of amides is 1. The molecule has 1 heterocycles. The Morgan fingerprint density at radius 1 is 1.35 bits per heavy atom. The highest BCUT2D eigenvalue weighted by Gasteiger charge is 2.30. The third-order valence-electron chi connectivity index (χ3n) is 3.84. The van der Waals surface area contributed by atoms with Crippen molar-refractivity contribution >= 4 is 27.5 Å². The molecule has 20 heavy (non-hydrogen) atoms. The maximum atomic E-state index is 12.4. The molecule has 110 valence electrons. The Labute approximate surface area is 129 Å². The number of para-hydroxylation sites is 2. The molecule has 0 bridgehead atoms. The van der Waals surface area contributed by atoms with Crippen molar-refractivity contribution < 1.29 is 9.53 Å². The van der Waals surface area contributed by atoms with Crippen LogP contribution >= 0.6 is 15.9 Å². The third kappa shape index (κ3) is 3.35. The van der Waals surface area contributed by atoms with Gasteiger partial charge in [0.2, 0.25) is 5.91 Å². The summed E-state index contributed by atoms with van der Waals surface area (Å²) in [6.45, 7) is 7.81. The SMILES string of the molecule is CC(C)(C)C(CBr)CN1C(=O)CCOc2ccccc21. The van der Waals surface area contributed by atoms with E-state index in [-0.39, 0.29) is 11.3 Å². The number of alkyl halides is 1. The number of carbonyl (C=O) groups is 1. The number of hydrogen-bond acceptors (Lipinski definition) is 2. The number of fused-ring (bicyclic) bond motifs is 1. The van der Waals surface area contributed by atoms with Crippen LogP contribution in [0.3, 0.4) is 0 Å². The molecule has 1 aromatic rings. The topological polar surface area (TPSA) is 29.5 Å². The van der Waals surface area contributed by atoms with E-state index in [2.05, 4.69) is 36.7 Å². The number of ether oxygens (including phenoxy) is 1. The molecule has 2 rings (SSSR count). The lowest BCUT2D eigenvalue weighted by Crippen LogP contribution is -2.40. The van der Waals surface area contributed by atoms with Gasteiger partial charge in [0.1, 0.15) is 5.75 Å². The van der Waals surface area contributed by atoms with Crippen LogP contribution < -0.4 is 9.64 Å². The molecule has 0 aliphatic carbocycles. The van der Waals surface area contributed by atoms with E-state index >= 15 is 0 Å². The van der Waals surface area contributed by atoms with Gasteiger partial charge in [-0.05, 0) is 23.5 Å². The van der Waals surface area contributed by atoms with E-state index in [9.17, 15) is 4.79 Å². The summed E-state index contributed by atoms with van der Waals surface area (Å²) in [5.41, 5.74) is 1.04. The zero-order valence-electron chi connectivity index (χ0n) is 12.4. The Morgan fingerprint density at radius 2 is 2.05 bits per heavy atom. The minimum Gasteiger partial charge on any atom is -0.491 e. The molecule has 0 spiro atoms. The summed E-state index contributed by atoms with van der Waals surface area (Å²) >= 11 is 3.59. The fourth-order valence-corrected chi connectivity index (χ4v) is 3.47. The molecular weight excluding hydrogens is 318 g/mol. The lowest BCUT2D eigenvalue weighted by atomic mass is 9.81. The number of benzene rings is 1. The molecule has 1 amide bonds. The number of anilines is 1. The normalized spacial score (nSPS) is 17.2. The number of hydrogen-bond donors (Lipinski definition) is 0. The summed E-state index contributed by atoms with van der Waals surface area (Å²) in [6, 6.07) is 7.79. The highest BCUT2D eigenvalue weighted by Crippen LogP contribution is 2.35. The number of carbonyl (C=O) groups excluding carboxylic acids is 1. The standard InChI is InChI=1S/C16H22BrNO2/c1-16(2,3)12(10-17)11-18-13-6-4-5-7-14(13)20-9-8-15(18)19/h4-7,12H,8-11H2,1-3H3. The molecule has 0 saturated carbocycles. The molecule has 3 nitrogen and oxygen atoms in total. The van der Waals surface area contributed by atoms with E-state index in [1.165, 1.54) is 0 Å². The average Bonchev–Trinajstić information content (AvgIpc) is 2.54. The summed E-state index contributed by atoms with van der Waals surface area (Å²) in [5, 5.41) is 0.878. The molecule has 0 radical (unpaired) electrons. The predicted octanol–water partition coefficient (Wildman–Crippen LogP) is 3.86. The zero-order valence-corrected chi connectivity index (χ0v) is 13.9. The second kappa shape index (κ2) is 6.17. The predicted molar refractivity (Wildman–Crippen MR) is 85.6 cm³/mol. The smallest absolute Gasteiger partial charge is 0.230 e. The van der Waals surface area contributed by atoms with Gasteiger partial charge < -0.3 is 9.64 Å². The van der Waals surface area contributed by atoms with Gasteiger partial charge in [0.15, 0.2) is 0 Å². The third-order valence-corrected chi connectivity index (χ3v) is 4.63. The van der Waals surface area contributed by atoms with Crippen molar-refractivity contribution in [3.63, 3.8) is 0 Å². The number of nitrogens with zero attached hydrogens (tertiary/aromatic N) is 1. The van der Waals surface area contributed by atoms with Gasteiger partial charge in [-0.15, -0.1) is 0 Å². The van der Waals surface area contributed by atoms with E-state index in [1.807, 2.05) is 29.2 Å². The van der Waals surface area contributed by atoms with Gasteiger partial charge >= 0.3 is 0 Å². The molecular formula is C16H22BrNO2. The molecule has 1 unspecified atom stereocenters. The van der Waals surface area contributed by atoms with Crippen molar-refractivity contribution in [2.24, 2.45) is 11.3 Å². The molecule has 1 atom stereocenters. The first-order valence-corrected chi connectivity index (χ1v) is 8.14. The molecule has 0 N–H and O–H groups in total. The first-order valence-electron chi connectivity index (χ1n) is 7.01. The van der Waals surface area contributed by atoms with Gasteiger partial charge in [-0.3, -0.25) is 4.79 Å². The highest BCUT2D eigenvalue weighted by atomic mass is 79.9. The van der Waals surface area contributed by atoms with Gasteiger partial charge in [-0.1, -0.05) is 48.8 Å². The van der Waals surface area contributed by atoms with Crippen molar-refractivity contribution in [1.29, 1.82) is 0 Å². The molecule has 0 saturated heterocycles. The van der Waals surface area contributed by atoms with Gasteiger partial charge in [0, 0.05) is 11.9 Å². The molecule has 1 aromatic carbocycles. The number of halogens is 1. The second-order valence-electron chi connectivity index (χ2n) is 6.29. The van der Waals surface area contributed by atoms with Crippen LogP contribution in [0.4, 0.5) is 5.69 Å². The summed E-state index contributed by atoms with van der Waals surface area (Å²) in [6.07, 6.45) is 0.438. The monoisotopic (exact) mass is 339 g/mol. The maximum Gasteiger partial charge on any atom is 0.230 e. The quantitative estimate of drug-likeness (QED) is 0.782. The Balaban J connectivity index is 2.31. The van der Waals surface area contributed by atoms with Gasteiger partial charge in [0.25, 0.3) is 0 Å². The summed E-state index contributed by atoms with van der Waals surface area (Å²) < 4.78 is 5.68. The molecule has 1 aliphatic heterocycles. The van der Waals surface area contributed by atoms with Crippen molar-refractivity contribution in [3.8, 4) is 5.75 Å². The lowest BCUT2D eigenvalue weighted by molar-refractivity contribution is -0.119. The Kier molecular flexibility index (Phi) is 4.74. The second-order valence-corrected chi connectivity index (χ2v) is 6.94. The van der Waals surface area contributed by atoms with Crippen LogP contribution in [0.5, 0.6) is 5.75 Å². The van der Waals surface area contributed by atoms with Crippen LogP contribution in [-0.4, -0.2) is 24.4 Å². The first kappa shape index (κ1) is 15.4. The zero-order chi connectivity index (χ0) is 14.8. The summed E-state index contributed by atoms with van der Waals surface area (Å²) in [4.78, 5) is 14.3. The van der Waals surface area contributed by atoms with E-state index < -0.39 is 0 Å². The first-order chi connectivity index (χ1) is 9.43. The van der Waals surface area contributed by atoms with Crippen molar-refractivity contribution in [2.45, 2.75) is 27.2 Å². The Bertz CT molecular complexity index is 482. The maximum absolute atomic E-state index is 12.4. The lowest BCUT2D eigenvalue weighted by Gasteiger charge is -2.34. The highest BCUT2D eigenvalue weighted by molar-refractivity contribution is 9.09. The van der Waals surface area contributed by atoms with Crippen LogP contribution in [0.1, 0.15) is 27.2 Å². The molecule has 1 aliphatic rings. The molecule has 0 aromatic heterocycles. The van der Waals surface area contributed by atoms with Gasteiger partial charge in [-0.2, -0.15) is 0 Å². The van der Waals surface area contributed by atoms with Gasteiger partial charge in [0.05, 0.1) is 18.7 Å². The van der Waals surface area contributed by atoms with E-state index in [4.69, 9.17) is 4.74 Å². The Morgan fingerprint density at radius 3 is 2.70 bits per heavy atom. The van der Waals surface area contributed by atoms with Gasteiger partial charge in [-0.25, -0.2) is 0 Å². The van der Waals surface area contributed by atoms with Crippen LogP contribution in [-0.2, 0) is 4.79 Å². The van der Waals surface area contributed by atoms with E-state index in [0.717, 1.165) is 16.8 Å². The molecule has 4 heteroatoms. The van der Waals surface area contributed by atoms with Crippen LogP contribution in [0.25, 0.3) is 0 Å². The fourth-order valence-electron chi connectivity index (χ4n) is 2.29. The molecule has 0 fully saturated rings. The minimum absolute atomic E-state index is 0.144. The summed E-state index contributed by atoms with van der Waals surface area (Å²) in [7, 11) is 0. The summed E-state index contributed by atoms with van der Waals surface area (Å²) in [5.74, 6) is 1.34. The van der Waals surface area contributed by atoms with Crippen LogP contribution in [0, 0.1) is 11.3 Å². The van der Waals surface area contributed by atoms with Crippen molar-refractivity contribution in [2.75, 3.05) is 23.4 Å². The van der Waals surface area contributed by atoms with E-state index in [0.29, 0.717) is 25.5 Å². The fraction of sp³-hybridized carbons (Fsp3) is 0.562. The largest absolute Gasteiger partial charge is 0.491 e. The Hall–Kier alpha value is -1.03. The van der Waals surface area contributed by atoms with E-state index in [1.54, 1.807) is 0 Å². The van der Waals surface area contributed by atoms with Crippen LogP contribution in [0.15, 0.2) is 24.3 Å². The van der Waals surface area contributed by atoms with Crippen molar-refractivity contribution in [3.05, 3.63) is 24.3 Å². The minimum atomic E-state index is 0.144. The van der Waals surface area contributed by atoms with Crippen molar-refractivity contribution in [1.82, 2.24) is 0 Å². The van der Waals surface area contributed by atoms with Crippen LogP contribution in [0.2, 0.25) is 0 Å². The number of rotatable bonds is 3.